The highest BCUT2D eigenvalue weighted by Gasteiger charge is 2.18. The van der Waals surface area contributed by atoms with Crippen molar-refractivity contribution in [1.82, 2.24) is 25.1 Å². The smallest absolute Gasteiger partial charge is 0.241 e. The first kappa shape index (κ1) is 15.0. The molecule has 2 aromatic rings. The van der Waals surface area contributed by atoms with Gasteiger partial charge in [0.25, 0.3) is 0 Å². The molecule has 0 aromatic carbocycles. The number of fused-ring (bicyclic) bond motifs is 1. The number of rotatable bonds is 6. The molecule has 0 atom stereocenters. The van der Waals surface area contributed by atoms with Crippen molar-refractivity contribution in [1.29, 1.82) is 0 Å². The molecule has 2 heterocycles. The van der Waals surface area contributed by atoms with Crippen LogP contribution in [0.15, 0.2) is 6.20 Å². The van der Waals surface area contributed by atoms with Gasteiger partial charge < -0.3 is 9.80 Å². The van der Waals surface area contributed by atoms with Crippen molar-refractivity contribution in [2.24, 2.45) is 5.84 Å². The Morgan fingerprint density at radius 1 is 1.43 bits per heavy atom. The molecule has 0 spiro atoms. The Morgan fingerprint density at radius 2 is 2.19 bits per heavy atom. The molecule has 0 bridgehead atoms. The summed E-state index contributed by atoms with van der Waals surface area (Å²) in [5.41, 5.74) is 3.01. The van der Waals surface area contributed by atoms with E-state index in [-0.39, 0.29) is 18.4 Å². The zero-order valence-corrected chi connectivity index (χ0v) is 12.4. The van der Waals surface area contributed by atoms with Crippen molar-refractivity contribution in [3.63, 3.8) is 0 Å². The van der Waals surface area contributed by atoms with Crippen LogP contribution in [0, 0.1) is 0 Å². The topological polar surface area (TPSA) is 116 Å². The van der Waals surface area contributed by atoms with Crippen LogP contribution in [0.3, 0.4) is 0 Å². The molecular weight excluding hydrogens is 272 g/mol. The molecule has 0 fully saturated rings. The Labute approximate surface area is 122 Å². The number of hydrogen-bond donors (Lipinski definition) is 3. The molecule has 4 N–H and O–H groups in total. The number of amides is 1. The predicted octanol–water partition coefficient (Wildman–Crippen LogP) is -0.0569. The van der Waals surface area contributed by atoms with Gasteiger partial charge in [-0.2, -0.15) is 15.1 Å². The number of nitrogens with zero attached hydrogens (tertiary/aromatic N) is 5. The molecular formula is C12H20N8O. The maximum Gasteiger partial charge on any atom is 0.241 e. The number of nitrogen functional groups attached to an aromatic ring is 1. The Morgan fingerprint density at radius 3 is 2.81 bits per heavy atom. The monoisotopic (exact) mass is 292 g/mol. The van der Waals surface area contributed by atoms with E-state index < -0.39 is 0 Å². The molecule has 2 aromatic heterocycles. The first-order valence-electron chi connectivity index (χ1n) is 6.69. The van der Waals surface area contributed by atoms with Crippen LogP contribution in [-0.4, -0.2) is 58.2 Å². The largest absolute Gasteiger partial charge is 0.347 e. The van der Waals surface area contributed by atoms with Gasteiger partial charge in [-0.05, 0) is 6.42 Å². The molecule has 0 aliphatic heterocycles. The fourth-order valence-electron chi connectivity index (χ4n) is 1.96. The minimum Gasteiger partial charge on any atom is -0.347 e. The summed E-state index contributed by atoms with van der Waals surface area (Å²) in [6.45, 7) is 2.98. The molecule has 9 heteroatoms. The summed E-state index contributed by atoms with van der Waals surface area (Å²) < 4.78 is 0. The maximum atomic E-state index is 12.0. The average Bonchev–Trinajstić information content (AvgIpc) is 2.93. The van der Waals surface area contributed by atoms with E-state index in [4.69, 9.17) is 5.84 Å². The average molecular weight is 292 g/mol. The number of aromatic amines is 1. The molecule has 9 nitrogen and oxygen atoms in total. The zero-order chi connectivity index (χ0) is 15.4. The van der Waals surface area contributed by atoms with E-state index in [0.29, 0.717) is 18.0 Å². The van der Waals surface area contributed by atoms with Crippen LogP contribution in [0.5, 0.6) is 0 Å². The standard InChI is InChI=1S/C12H20N8O/c1-4-5-20(7-9(21)19(2)3)11-8-6-14-18-10(8)15-12(16-11)17-13/h6H,4-5,7,13H2,1-3H3,(H2,14,15,16,17,18). The first-order chi connectivity index (χ1) is 10.1. The van der Waals surface area contributed by atoms with Gasteiger partial charge >= 0.3 is 0 Å². The van der Waals surface area contributed by atoms with Crippen molar-refractivity contribution in [3.05, 3.63) is 6.20 Å². The van der Waals surface area contributed by atoms with E-state index in [0.717, 1.165) is 11.8 Å². The number of carbonyl (C=O) groups is 1. The first-order valence-corrected chi connectivity index (χ1v) is 6.69. The molecule has 0 radical (unpaired) electrons. The summed E-state index contributed by atoms with van der Waals surface area (Å²) >= 11 is 0. The number of carbonyl (C=O) groups excluding carboxylic acids is 1. The molecule has 0 aliphatic rings. The van der Waals surface area contributed by atoms with Gasteiger partial charge in [0, 0.05) is 20.6 Å². The lowest BCUT2D eigenvalue weighted by molar-refractivity contribution is -0.127. The van der Waals surface area contributed by atoms with Crippen LogP contribution in [0.1, 0.15) is 13.3 Å². The summed E-state index contributed by atoms with van der Waals surface area (Å²) in [7, 11) is 3.46. The summed E-state index contributed by atoms with van der Waals surface area (Å²) in [6, 6.07) is 0. The van der Waals surface area contributed by atoms with Gasteiger partial charge in [-0.15, -0.1) is 0 Å². The Bertz CT molecular complexity index is 623. The highest BCUT2D eigenvalue weighted by molar-refractivity contribution is 5.90. The quantitative estimate of drug-likeness (QED) is 0.504. The Balaban J connectivity index is 2.43. The molecule has 21 heavy (non-hydrogen) atoms. The lowest BCUT2D eigenvalue weighted by atomic mass is 10.3. The van der Waals surface area contributed by atoms with Crippen LogP contribution in [0.4, 0.5) is 11.8 Å². The van der Waals surface area contributed by atoms with E-state index in [1.807, 2.05) is 11.8 Å². The third-order valence-electron chi connectivity index (χ3n) is 3.04. The highest BCUT2D eigenvalue weighted by Crippen LogP contribution is 2.23. The van der Waals surface area contributed by atoms with E-state index in [9.17, 15) is 4.79 Å². The zero-order valence-electron chi connectivity index (χ0n) is 12.4. The van der Waals surface area contributed by atoms with Gasteiger partial charge in [0.15, 0.2) is 5.65 Å². The molecule has 0 saturated carbocycles. The van der Waals surface area contributed by atoms with Gasteiger partial charge in [0.1, 0.15) is 5.82 Å². The van der Waals surface area contributed by atoms with Crippen molar-refractivity contribution < 1.29 is 4.79 Å². The third kappa shape index (κ3) is 3.19. The lowest BCUT2D eigenvalue weighted by Crippen LogP contribution is -2.37. The van der Waals surface area contributed by atoms with Crippen LogP contribution in [-0.2, 0) is 4.79 Å². The molecule has 0 aliphatic carbocycles. The summed E-state index contributed by atoms with van der Waals surface area (Å²) in [6.07, 6.45) is 2.53. The summed E-state index contributed by atoms with van der Waals surface area (Å²) in [5, 5.41) is 7.52. The molecule has 1 amide bonds. The van der Waals surface area contributed by atoms with Crippen LogP contribution < -0.4 is 16.2 Å². The van der Waals surface area contributed by atoms with Crippen LogP contribution in [0.2, 0.25) is 0 Å². The van der Waals surface area contributed by atoms with Crippen LogP contribution >= 0.6 is 0 Å². The molecule has 114 valence electrons. The van der Waals surface area contributed by atoms with Crippen LogP contribution in [0.25, 0.3) is 11.0 Å². The fourth-order valence-corrected chi connectivity index (χ4v) is 1.96. The minimum atomic E-state index is 0.000893. The fraction of sp³-hybridized carbons (Fsp3) is 0.500. The van der Waals surface area contributed by atoms with Gasteiger partial charge in [0.05, 0.1) is 18.1 Å². The lowest BCUT2D eigenvalue weighted by Gasteiger charge is -2.24. The second kappa shape index (κ2) is 6.35. The molecule has 0 saturated heterocycles. The number of anilines is 2. The summed E-state index contributed by atoms with van der Waals surface area (Å²) in [4.78, 5) is 24.0. The predicted molar refractivity (Wildman–Crippen MR) is 80.7 cm³/mol. The van der Waals surface area contributed by atoms with E-state index in [1.165, 1.54) is 0 Å². The Kier molecular flexibility index (Phi) is 4.53. The van der Waals surface area contributed by atoms with E-state index >= 15 is 0 Å². The minimum absolute atomic E-state index is 0.000893. The van der Waals surface area contributed by atoms with Gasteiger partial charge in [-0.3, -0.25) is 15.3 Å². The van der Waals surface area contributed by atoms with Crippen molar-refractivity contribution in [2.45, 2.75) is 13.3 Å². The Hall–Kier alpha value is -2.42. The number of likely N-dealkylation sites (N-methyl/N-ethyl adjacent to an activating group) is 1. The molecule has 2 rings (SSSR count). The third-order valence-corrected chi connectivity index (χ3v) is 3.04. The number of H-pyrrole nitrogens is 1. The van der Waals surface area contributed by atoms with E-state index in [1.54, 1.807) is 25.2 Å². The number of hydrazine groups is 1. The van der Waals surface area contributed by atoms with Gasteiger partial charge in [0.2, 0.25) is 11.9 Å². The number of hydrogen-bond acceptors (Lipinski definition) is 7. The second-order valence-electron chi connectivity index (χ2n) is 4.86. The van der Waals surface area contributed by atoms with Crippen molar-refractivity contribution >= 4 is 28.7 Å². The molecule has 0 unspecified atom stereocenters. The second-order valence-corrected chi connectivity index (χ2v) is 4.86. The maximum absolute atomic E-state index is 12.0. The van der Waals surface area contributed by atoms with Gasteiger partial charge in [-0.1, -0.05) is 6.92 Å². The van der Waals surface area contributed by atoms with Crippen molar-refractivity contribution in [3.8, 4) is 0 Å². The SMILES string of the molecule is CCCN(CC(=O)N(C)C)c1nc(NN)nc2[nH]ncc12. The number of nitrogens with one attached hydrogen (secondary N) is 2. The summed E-state index contributed by atoms with van der Waals surface area (Å²) in [5.74, 6) is 6.32. The normalized spacial score (nSPS) is 10.7. The number of aromatic nitrogens is 4. The number of nitrogens with two attached hydrogens (primary N) is 1. The van der Waals surface area contributed by atoms with Crippen molar-refractivity contribution in [2.75, 3.05) is 37.5 Å². The van der Waals surface area contributed by atoms with Gasteiger partial charge in [-0.25, -0.2) is 5.84 Å². The highest BCUT2D eigenvalue weighted by atomic mass is 16.2. The van der Waals surface area contributed by atoms with E-state index in [2.05, 4.69) is 25.6 Å².